The van der Waals surface area contributed by atoms with Gasteiger partial charge in [0.15, 0.2) is 5.78 Å². The molecule has 0 saturated heterocycles. The molecule has 0 N–H and O–H groups in total. The van der Waals surface area contributed by atoms with Crippen molar-refractivity contribution in [3.63, 3.8) is 0 Å². The van der Waals surface area contributed by atoms with Crippen LogP contribution in [0.3, 0.4) is 0 Å². The lowest BCUT2D eigenvalue weighted by Gasteiger charge is -2.23. The van der Waals surface area contributed by atoms with Crippen LogP contribution in [-0.2, 0) is 16.0 Å². The molecule has 0 fully saturated rings. The Bertz CT molecular complexity index is 620. The highest BCUT2D eigenvalue weighted by Gasteiger charge is 2.27. The Morgan fingerprint density at radius 1 is 0.955 bits per heavy atom. The fraction of sp³-hybridized carbons (Fsp3) is 0.263. The molecule has 114 valence electrons. The summed E-state index contributed by atoms with van der Waals surface area (Å²) in [5.41, 5.74) is 1.68. The molecule has 0 heterocycles. The standard InChI is InChI=1S/C19H20O3/c1-14(19(21)17-11-7-4-8-12-17)18(22-15(2)20)13-16-9-5-3-6-10-16/h3-12,14,18H,13H2,1-2H3/t14-,18-/m1/s1. The second kappa shape index (κ2) is 7.55. The minimum atomic E-state index is -0.465. The monoisotopic (exact) mass is 296 g/mol. The molecule has 2 aromatic rings. The van der Waals surface area contributed by atoms with Crippen LogP contribution in [-0.4, -0.2) is 17.9 Å². The molecule has 2 rings (SSSR count). The number of carbonyl (C=O) groups is 2. The largest absolute Gasteiger partial charge is 0.461 e. The van der Waals surface area contributed by atoms with Gasteiger partial charge in [-0.1, -0.05) is 67.6 Å². The molecular weight excluding hydrogens is 276 g/mol. The maximum absolute atomic E-state index is 12.6. The smallest absolute Gasteiger partial charge is 0.302 e. The quantitative estimate of drug-likeness (QED) is 0.603. The molecule has 22 heavy (non-hydrogen) atoms. The van der Waals surface area contributed by atoms with Gasteiger partial charge in [-0.2, -0.15) is 0 Å². The van der Waals surface area contributed by atoms with E-state index in [9.17, 15) is 9.59 Å². The highest BCUT2D eigenvalue weighted by molar-refractivity contribution is 5.98. The molecule has 3 heteroatoms. The summed E-state index contributed by atoms with van der Waals surface area (Å²) < 4.78 is 5.40. The third-order valence-electron chi connectivity index (χ3n) is 3.63. The van der Waals surface area contributed by atoms with E-state index >= 15 is 0 Å². The maximum Gasteiger partial charge on any atom is 0.302 e. The third-order valence-corrected chi connectivity index (χ3v) is 3.63. The van der Waals surface area contributed by atoms with Gasteiger partial charge in [0.25, 0.3) is 0 Å². The molecule has 0 aliphatic carbocycles. The number of benzene rings is 2. The molecule has 0 bridgehead atoms. The zero-order valence-electron chi connectivity index (χ0n) is 12.9. The SMILES string of the molecule is CC(=O)O[C@H](Cc1ccccc1)[C@@H](C)C(=O)c1ccccc1. The minimum absolute atomic E-state index is 0.0113. The van der Waals surface area contributed by atoms with Gasteiger partial charge < -0.3 is 4.74 Å². The zero-order chi connectivity index (χ0) is 15.9. The number of ketones is 1. The van der Waals surface area contributed by atoms with Crippen molar-refractivity contribution in [2.24, 2.45) is 5.92 Å². The fourth-order valence-electron chi connectivity index (χ4n) is 2.41. The van der Waals surface area contributed by atoms with Crippen molar-refractivity contribution in [2.45, 2.75) is 26.4 Å². The van der Waals surface area contributed by atoms with E-state index < -0.39 is 12.0 Å². The molecule has 0 amide bonds. The summed E-state index contributed by atoms with van der Waals surface area (Å²) in [6.07, 6.45) is 0.0628. The van der Waals surface area contributed by atoms with E-state index in [1.165, 1.54) is 6.92 Å². The van der Waals surface area contributed by atoms with Crippen LogP contribution in [0.25, 0.3) is 0 Å². The van der Waals surface area contributed by atoms with Crippen LogP contribution in [0.5, 0.6) is 0 Å². The first-order valence-corrected chi connectivity index (χ1v) is 7.38. The predicted molar refractivity (Wildman–Crippen MR) is 85.6 cm³/mol. The summed E-state index contributed by atoms with van der Waals surface area (Å²) in [5, 5.41) is 0. The van der Waals surface area contributed by atoms with Crippen molar-refractivity contribution in [3.05, 3.63) is 71.8 Å². The van der Waals surface area contributed by atoms with E-state index in [1.807, 2.05) is 55.5 Å². The summed E-state index contributed by atoms with van der Waals surface area (Å²) in [4.78, 5) is 23.9. The lowest BCUT2D eigenvalue weighted by atomic mass is 9.90. The second-order valence-corrected chi connectivity index (χ2v) is 5.36. The Morgan fingerprint density at radius 3 is 2.05 bits per heavy atom. The van der Waals surface area contributed by atoms with E-state index in [1.54, 1.807) is 12.1 Å². The summed E-state index contributed by atoms with van der Waals surface area (Å²) in [7, 11) is 0. The molecule has 0 aliphatic rings. The van der Waals surface area contributed by atoms with Crippen LogP contribution < -0.4 is 0 Å². The van der Waals surface area contributed by atoms with Crippen LogP contribution in [0.4, 0.5) is 0 Å². The van der Waals surface area contributed by atoms with E-state index in [2.05, 4.69) is 0 Å². The highest BCUT2D eigenvalue weighted by atomic mass is 16.5. The Kier molecular flexibility index (Phi) is 5.48. The van der Waals surface area contributed by atoms with Crippen LogP contribution in [0, 0.1) is 5.92 Å². The van der Waals surface area contributed by atoms with Crippen LogP contribution in [0.15, 0.2) is 60.7 Å². The van der Waals surface area contributed by atoms with Crippen molar-refractivity contribution >= 4 is 11.8 Å². The molecule has 2 aromatic carbocycles. The van der Waals surface area contributed by atoms with Gasteiger partial charge in [0.05, 0.1) is 5.92 Å². The van der Waals surface area contributed by atoms with Gasteiger partial charge in [-0.25, -0.2) is 0 Å². The Morgan fingerprint density at radius 2 is 1.50 bits per heavy atom. The van der Waals surface area contributed by atoms with E-state index in [4.69, 9.17) is 4.74 Å². The first kappa shape index (κ1) is 16.0. The number of esters is 1. The molecule has 0 spiro atoms. The van der Waals surface area contributed by atoms with Crippen molar-refractivity contribution in [1.29, 1.82) is 0 Å². The first-order chi connectivity index (χ1) is 10.6. The Balaban J connectivity index is 2.17. The average Bonchev–Trinajstić information content (AvgIpc) is 2.54. The predicted octanol–water partition coefficient (Wildman–Crippen LogP) is 3.68. The van der Waals surface area contributed by atoms with Crippen LogP contribution in [0.2, 0.25) is 0 Å². The number of rotatable bonds is 6. The molecule has 0 saturated carbocycles. The lowest BCUT2D eigenvalue weighted by Crippen LogP contribution is -2.32. The Hall–Kier alpha value is -2.42. The van der Waals surface area contributed by atoms with Crippen LogP contribution >= 0.6 is 0 Å². The number of Topliss-reactive ketones (excluding diaryl/α,β-unsaturated/α-hetero) is 1. The average molecular weight is 296 g/mol. The molecule has 0 radical (unpaired) electrons. The molecule has 0 aromatic heterocycles. The normalized spacial score (nSPS) is 13.2. The number of hydrogen-bond acceptors (Lipinski definition) is 3. The van der Waals surface area contributed by atoms with E-state index in [0.29, 0.717) is 12.0 Å². The van der Waals surface area contributed by atoms with E-state index in [0.717, 1.165) is 5.56 Å². The minimum Gasteiger partial charge on any atom is -0.461 e. The summed E-state index contributed by atoms with van der Waals surface area (Å²) >= 11 is 0. The second-order valence-electron chi connectivity index (χ2n) is 5.36. The highest BCUT2D eigenvalue weighted by Crippen LogP contribution is 2.19. The summed E-state index contributed by atoms with van der Waals surface area (Å²) in [5.74, 6) is -0.775. The van der Waals surface area contributed by atoms with Gasteiger partial charge in [-0.05, 0) is 5.56 Å². The van der Waals surface area contributed by atoms with Crippen molar-refractivity contribution in [2.75, 3.05) is 0 Å². The van der Waals surface area contributed by atoms with Gasteiger partial charge >= 0.3 is 5.97 Å². The number of ether oxygens (including phenoxy) is 1. The maximum atomic E-state index is 12.6. The van der Waals surface area contributed by atoms with E-state index in [-0.39, 0.29) is 11.8 Å². The molecule has 2 atom stereocenters. The molecule has 0 unspecified atom stereocenters. The molecular formula is C19H20O3. The third kappa shape index (κ3) is 4.29. The van der Waals surface area contributed by atoms with Gasteiger partial charge in [-0.15, -0.1) is 0 Å². The first-order valence-electron chi connectivity index (χ1n) is 7.38. The zero-order valence-corrected chi connectivity index (χ0v) is 12.9. The molecule has 0 aliphatic heterocycles. The topological polar surface area (TPSA) is 43.4 Å². The van der Waals surface area contributed by atoms with Crippen molar-refractivity contribution in [3.8, 4) is 0 Å². The number of carbonyl (C=O) groups excluding carboxylic acids is 2. The fourth-order valence-corrected chi connectivity index (χ4v) is 2.41. The van der Waals surface area contributed by atoms with Gasteiger partial charge in [0.2, 0.25) is 0 Å². The molecule has 3 nitrogen and oxygen atoms in total. The number of hydrogen-bond donors (Lipinski definition) is 0. The Labute approximate surface area is 130 Å². The van der Waals surface area contributed by atoms with Crippen LogP contribution in [0.1, 0.15) is 29.8 Å². The summed E-state index contributed by atoms with van der Waals surface area (Å²) in [6, 6.07) is 18.8. The van der Waals surface area contributed by atoms with Gasteiger partial charge in [0, 0.05) is 18.9 Å². The van der Waals surface area contributed by atoms with Gasteiger partial charge in [-0.3, -0.25) is 9.59 Å². The summed E-state index contributed by atoms with van der Waals surface area (Å²) in [6.45, 7) is 3.18. The van der Waals surface area contributed by atoms with Crippen molar-refractivity contribution < 1.29 is 14.3 Å². The van der Waals surface area contributed by atoms with Crippen molar-refractivity contribution in [1.82, 2.24) is 0 Å². The van der Waals surface area contributed by atoms with Gasteiger partial charge in [0.1, 0.15) is 6.10 Å². The lowest BCUT2D eigenvalue weighted by molar-refractivity contribution is -0.147.